The van der Waals surface area contributed by atoms with Gasteiger partial charge in [-0.1, -0.05) is 19.8 Å². The second-order valence-corrected chi connectivity index (χ2v) is 5.49. The molecule has 4 nitrogen and oxygen atoms in total. The van der Waals surface area contributed by atoms with E-state index in [0.717, 1.165) is 38.2 Å². The lowest BCUT2D eigenvalue weighted by molar-refractivity contribution is -0.384. The van der Waals surface area contributed by atoms with E-state index in [1.54, 1.807) is 0 Å². The molecule has 1 saturated carbocycles. The zero-order valence-electron chi connectivity index (χ0n) is 11.4. The second-order valence-electron chi connectivity index (χ2n) is 5.49. The van der Waals surface area contributed by atoms with Crippen LogP contribution in [-0.4, -0.2) is 11.0 Å². The van der Waals surface area contributed by atoms with Crippen molar-refractivity contribution in [3.05, 3.63) is 33.9 Å². The summed E-state index contributed by atoms with van der Waals surface area (Å²) in [4.78, 5) is 10.2. The van der Waals surface area contributed by atoms with Crippen molar-refractivity contribution in [2.45, 2.75) is 45.1 Å². The van der Waals surface area contributed by atoms with E-state index in [9.17, 15) is 18.9 Å². The van der Waals surface area contributed by atoms with Crippen molar-refractivity contribution < 1.29 is 13.7 Å². The van der Waals surface area contributed by atoms with Gasteiger partial charge in [-0.3, -0.25) is 10.1 Å². The van der Waals surface area contributed by atoms with E-state index in [1.165, 1.54) is 0 Å². The maximum absolute atomic E-state index is 13.8. The van der Waals surface area contributed by atoms with Crippen LogP contribution in [0.1, 0.15) is 39.0 Å². The van der Waals surface area contributed by atoms with Gasteiger partial charge in [0.15, 0.2) is 5.82 Å². The number of nitro benzene ring substituents is 1. The number of hydrogen-bond acceptors (Lipinski definition) is 3. The van der Waals surface area contributed by atoms with Crippen LogP contribution in [0, 0.1) is 27.7 Å². The number of hydrogen-bond donors (Lipinski definition) is 1. The molecule has 0 aromatic heterocycles. The monoisotopic (exact) mass is 284 g/mol. The summed E-state index contributed by atoms with van der Waals surface area (Å²) in [6.07, 6.45) is 4.82. The lowest BCUT2D eigenvalue weighted by atomic mass is 10.0. The molecule has 2 rings (SSSR count). The van der Waals surface area contributed by atoms with Gasteiger partial charge in [-0.25, -0.2) is 8.78 Å². The molecule has 0 spiro atoms. The van der Waals surface area contributed by atoms with E-state index < -0.39 is 22.2 Å². The van der Waals surface area contributed by atoms with Gasteiger partial charge in [-0.15, -0.1) is 0 Å². The predicted molar refractivity (Wildman–Crippen MR) is 72.7 cm³/mol. The first-order valence-electron chi connectivity index (χ1n) is 6.87. The molecule has 1 aliphatic carbocycles. The van der Waals surface area contributed by atoms with Gasteiger partial charge in [0.25, 0.3) is 5.69 Å². The molecule has 0 heterocycles. The van der Waals surface area contributed by atoms with Gasteiger partial charge < -0.3 is 5.32 Å². The number of anilines is 1. The molecule has 6 heteroatoms. The Kier molecular flexibility index (Phi) is 4.52. The number of nitrogens with zero attached hydrogens (tertiary/aromatic N) is 1. The molecule has 0 bridgehead atoms. The molecule has 2 unspecified atom stereocenters. The third kappa shape index (κ3) is 3.43. The van der Waals surface area contributed by atoms with E-state index in [-0.39, 0.29) is 11.7 Å². The quantitative estimate of drug-likeness (QED) is 0.512. The van der Waals surface area contributed by atoms with Gasteiger partial charge in [0.1, 0.15) is 11.5 Å². The Balaban J connectivity index is 2.22. The fourth-order valence-electron chi connectivity index (χ4n) is 2.68. The van der Waals surface area contributed by atoms with E-state index >= 15 is 0 Å². The molecule has 0 radical (unpaired) electrons. The summed E-state index contributed by atoms with van der Waals surface area (Å²) < 4.78 is 26.9. The van der Waals surface area contributed by atoms with Crippen LogP contribution in [0.4, 0.5) is 20.2 Å². The molecular weight excluding hydrogens is 266 g/mol. The van der Waals surface area contributed by atoms with E-state index in [1.807, 2.05) is 0 Å². The maximum Gasteiger partial charge on any atom is 0.298 e. The van der Waals surface area contributed by atoms with Gasteiger partial charge in [0.2, 0.25) is 0 Å². The SMILES string of the molecule is CC1CCCC(Nc2c(F)cc(F)cc2[N+](=O)[O-])CC1. The molecule has 1 fully saturated rings. The minimum Gasteiger partial charge on any atom is -0.374 e. The second kappa shape index (κ2) is 6.15. The van der Waals surface area contributed by atoms with Crippen LogP contribution >= 0.6 is 0 Å². The Labute approximate surface area is 116 Å². The molecule has 1 aromatic rings. The molecule has 2 atom stereocenters. The summed E-state index contributed by atoms with van der Waals surface area (Å²) in [5.74, 6) is -1.22. The zero-order chi connectivity index (χ0) is 14.7. The first kappa shape index (κ1) is 14.7. The van der Waals surface area contributed by atoms with E-state index in [0.29, 0.717) is 12.0 Å². The first-order valence-corrected chi connectivity index (χ1v) is 6.87. The molecule has 1 aromatic carbocycles. The molecule has 0 aliphatic heterocycles. The third-order valence-corrected chi connectivity index (χ3v) is 3.84. The Hall–Kier alpha value is -1.72. The van der Waals surface area contributed by atoms with Crippen LogP contribution in [0.15, 0.2) is 12.1 Å². The van der Waals surface area contributed by atoms with Crippen molar-refractivity contribution >= 4 is 11.4 Å². The van der Waals surface area contributed by atoms with Gasteiger partial charge in [-0.2, -0.15) is 0 Å². The van der Waals surface area contributed by atoms with Crippen molar-refractivity contribution in [1.29, 1.82) is 0 Å². The summed E-state index contributed by atoms with van der Waals surface area (Å²) in [6.45, 7) is 2.17. The average Bonchev–Trinajstić information content (AvgIpc) is 2.57. The fourth-order valence-corrected chi connectivity index (χ4v) is 2.68. The van der Waals surface area contributed by atoms with Gasteiger partial charge in [0, 0.05) is 12.1 Å². The highest BCUT2D eigenvalue weighted by Crippen LogP contribution is 2.32. The summed E-state index contributed by atoms with van der Waals surface area (Å²) >= 11 is 0. The molecule has 1 aliphatic rings. The standard InChI is InChI=1S/C14H18F2N2O2/c1-9-3-2-4-11(6-5-9)17-14-12(16)7-10(15)8-13(14)18(19)20/h7-9,11,17H,2-6H2,1H3. The fraction of sp³-hybridized carbons (Fsp3) is 0.571. The highest BCUT2D eigenvalue weighted by Gasteiger charge is 2.24. The maximum atomic E-state index is 13.8. The molecule has 0 saturated heterocycles. The smallest absolute Gasteiger partial charge is 0.298 e. The Morgan fingerprint density at radius 3 is 2.70 bits per heavy atom. The van der Waals surface area contributed by atoms with Crippen molar-refractivity contribution in [3.63, 3.8) is 0 Å². The lowest BCUT2D eigenvalue weighted by Crippen LogP contribution is -2.20. The van der Waals surface area contributed by atoms with E-state index in [2.05, 4.69) is 12.2 Å². The number of rotatable bonds is 3. The Bertz CT molecular complexity index is 508. The normalized spacial score (nSPS) is 23.1. The Morgan fingerprint density at radius 1 is 1.25 bits per heavy atom. The van der Waals surface area contributed by atoms with Crippen molar-refractivity contribution in [1.82, 2.24) is 0 Å². The summed E-state index contributed by atoms with van der Waals surface area (Å²) in [5.41, 5.74) is -0.740. The largest absolute Gasteiger partial charge is 0.374 e. The highest BCUT2D eigenvalue weighted by molar-refractivity contribution is 5.62. The molecular formula is C14H18F2N2O2. The molecule has 20 heavy (non-hydrogen) atoms. The summed E-state index contributed by atoms with van der Waals surface area (Å²) in [5, 5.41) is 13.8. The molecule has 0 amide bonds. The van der Waals surface area contributed by atoms with Crippen molar-refractivity contribution in [2.75, 3.05) is 5.32 Å². The van der Waals surface area contributed by atoms with Crippen LogP contribution in [0.2, 0.25) is 0 Å². The number of halogens is 2. The minimum atomic E-state index is -0.936. The van der Waals surface area contributed by atoms with E-state index in [4.69, 9.17) is 0 Å². The number of benzene rings is 1. The average molecular weight is 284 g/mol. The van der Waals surface area contributed by atoms with Crippen LogP contribution in [-0.2, 0) is 0 Å². The minimum absolute atomic E-state index is 0.00129. The van der Waals surface area contributed by atoms with Crippen LogP contribution in [0.3, 0.4) is 0 Å². The van der Waals surface area contributed by atoms with Gasteiger partial charge in [-0.05, 0) is 25.2 Å². The first-order chi connectivity index (χ1) is 9.47. The molecule has 110 valence electrons. The Morgan fingerprint density at radius 2 is 2.00 bits per heavy atom. The van der Waals surface area contributed by atoms with Crippen LogP contribution < -0.4 is 5.32 Å². The van der Waals surface area contributed by atoms with Gasteiger partial charge >= 0.3 is 0 Å². The predicted octanol–water partition coefficient (Wildman–Crippen LogP) is 4.25. The molecule has 1 N–H and O–H groups in total. The zero-order valence-corrected chi connectivity index (χ0v) is 11.4. The summed E-state index contributed by atoms with van der Waals surface area (Å²) in [6, 6.07) is 1.43. The van der Waals surface area contributed by atoms with Crippen LogP contribution in [0.5, 0.6) is 0 Å². The third-order valence-electron chi connectivity index (χ3n) is 3.84. The summed E-state index contributed by atoms with van der Waals surface area (Å²) in [7, 11) is 0. The topological polar surface area (TPSA) is 55.2 Å². The highest BCUT2D eigenvalue weighted by atomic mass is 19.1. The van der Waals surface area contributed by atoms with Crippen molar-refractivity contribution in [2.24, 2.45) is 5.92 Å². The van der Waals surface area contributed by atoms with Crippen molar-refractivity contribution in [3.8, 4) is 0 Å². The number of nitro groups is 1. The number of nitrogens with one attached hydrogen (secondary N) is 1. The van der Waals surface area contributed by atoms with Gasteiger partial charge in [0.05, 0.1) is 11.0 Å². The lowest BCUT2D eigenvalue weighted by Gasteiger charge is -2.18. The van der Waals surface area contributed by atoms with Crippen LogP contribution in [0.25, 0.3) is 0 Å².